The molecule has 0 fully saturated rings. The van der Waals surface area contributed by atoms with Gasteiger partial charge in [-0.2, -0.15) is 0 Å². The molecule has 0 amide bonds. The van der Waals surface area contributed by atoms with Crippen LogP contribution in [0.5, 0.6) is 0 Å². The summed E-state index contributed by atoms with van der Waals surface area (Å²) in [5.41, 5.74) is 4.40. The Kier molecular flexibility index (Phi) is 5.99. The minimum absolute atomic E-state index is 0.400. The van der Waals surface area contributed by atoms with Gasteiger partial charge in [0.25, 0.3) is 0 Å². The number of rotatable bonds is 7. The smallest absolute Gasteiger partial charge is 0.146 e. The lowest BCUT2D eigenvalue weighted by Crippen LogP contribution is -2.22. The summed E-state index contributed by atoms with van der Waals surface area (Å²) in [6.45, 7) is 8.19. The Balaban J connectivity index is 1.80. The van der Waals surface area contributed by atoms with Crippen molar-refractivity contribution in [2.75, 3.05) is 6.61 Å². The van der Waals surface area contributed by atoms with E-state index in [-0.39, 0.29) is 0 Å². The number of benzene rings is 1. The van der Waals surface area contributed by atoms with E-state index in [4.69, 9.17) is 21.3 Å². The molecule has 4 aromatic rings. The third kappa shape index (κ3) is 4.46. The maximum absolute atomic E-state index is 6.61. The fraction of sp³-hybridized carbons (Fsp3) is 0.261. The third-order valence-corrected chi connectivity index (χ3v) is 6.93. The molecule has 0 aliphatic heterocycles. The molecule has 0 spiro atoms. The first-order chi connectivity index (χ1) is 14.4. The van der Waals surface area contributed by atoms with Gasteiger partial charge in [0.05, 0.1) is 22.3 Å². The molecule has 0 saturated carbocycles. The lowest BCUT2D eigenvalue weighted by Gasteiger charge is -2.17. The highest BCUT2D eigenvalue weighted by Gasteiger charge is 2.21. The molecule has 7 heteroatoms. The van der Waals surface area contributed by atoms with Crippen molar-refractivity contribution >= 4 is 30.7 Å². The van der Waals surface area contributed by atoms with Crippen LogP contribution in [0.25, 0.3) is 33.7 Å². The molecule has 3 heterocycles. The number of para-hydroxylation sites is 2. The molecular weight excluding hydrogens is 412 g/mol. The highest BCUT2D eigenvalue weighted by Crippen LogP contribution is 2.36. The first-order valence-corrected chi connectivity index (χ1v) is 14.1. The summed E-state index contributed by atoms with van der Waals surface area (Å²) in [4.78, 5) is 13.7. The van der Waals surface area contributed by atoms with Crippen LogP contribution in [0.15, 0.2) is 60.9 Å². The molecule has 0 aliphatic carbocycles. The Morgan fingerprint density at radius 2 is 1.77 bits per heavy atom. The van der Waals surface area contributed by atoms with E-state index in [0.29, 0.717) is 11.9 Å². The van der Waals surface area contributed by atoms with E-state index >= 15 is 0 Å². The van der Waals surface area contributed by atoms with Gasteiger partial charge in [-0.15, -0.1) is 0 Å². The molecule has 0 radical (unpaired) electrons. The standard InChI is InChI=1S/C23H25ClN4OSi/c1-30(2,3)15-14-29-16-28-20-10-5-4-9-19(20)27-23(28)21-17(11-13-26-22(21)24)18-8-6-7-12-25-18/h4-13H,14-16H2,1-3H3. The van der Waals surface area contributed by atoms with Crippen LogP contribution in [0.2, 0.25) is 30.8 Å². The van der Waals surface area contributed by atoms with Crippen LogP contribution in [-0.4, -0.2) is 34.2 Å². The van der Waals surface area contributed by atoms with E-state index in [1.807, 2.05) is 42.5 Å². The summed E-state index contributed by atoms with van der Waals surface area (Å²) >= 11 is 6.61. The molecule has 5 nitrogen and oxygen atoms in total. The minimum Gasteiger partial charge on any atom is -0.361 e. The molecule has 0 bridgehead atoms. The lowest BCUT2D eigenvalue weighted by molar-refractivity contribution is 0.0909. The third-order valence-electron chi connectivity index (χ3n) is 4.94. The van der Waals surface area contributed by atoms with Crippen molar-refractivity contribution in [3.05, 3.63) is 66.1 Å². The van der Waals surface area contributed by atoms with Gasteiger partial charge >= 0.3 is 0 Å². The van der Waals surface area contributed by atoms with Crippen LogP contribution in [0.1, 0.15) is 0 Å². The zero-order valence-electron chi connectivity index (χ0n) is 17.5. The molecule has 0 N–H and O–H groups in total. The monoisotopic (exact) mass is 436 g/mol. The number of hydrogen-bond donors (Lipinski definition) is 0. The Morgan fingerprint density at radius 3 is 2.53 bits per heavy atom. The van der Waals surface area contributed by atoms with Crippen LogP contribution in [-0.2, 0) is 11.5 Å². The van der Waals surface area contributed by atoms with E-state index < -0.39 is 8.07 Å². The number of nitrogens with zero attached hydrogens (tertiary/aromatic N) is 4. The molecule has 3 aromatic heterocycles. The van der Waals surface area contributed by atoms with E-state index in [9.17, 15) is 0 Å². The van der Waals surface area contributed by atoms with Gasteiger partial charge < -0.3 is 4.74 Å². The van der Waals surface area contributed by atoms with E-state index in [0.717, 1.165) is 46.3 Å². The van der Waals surface area contributed by atoms with Crippen molar-refractivity contribution in [1.29, 1.82) is 0 Å². The predicted molar refractivity (Wildman–Crippen MR) is 125 cm³/mol. The number of imidazole rings is 1. The van der Waals surface area contributed by atoms with Gasteiger partial charge in [-0.05, 0) is 36.4 Å². The largest absolute Gasteiger partial charge is 0.361 e. The molecular formula is C23H25ClN4OSi. The van der Waals surface area contributed by atoms with E-state index in [1.165, 1.54) is 0 Å². The van der Waals surface area contributed by atoms with E-state index in [2.05, 4.69) is 40.2 Å². The number of ether oxygens (including phenoxy) is 1. The Morgan fingerprint density at radius 1 is 0.967 bits per heavy atom. The number of pyridine rings is 2. The van der Waals surface area contributed by atoms with Crippen molar-refractivity contribution in [2.24, 2.45) is 0 Å². The second-order valence-electron chi connectivity index (χ2n) is 8.44. The molecule has 0 aliphatic rings. The van der Waals surface area contributed by atoms with Gasteiger partial charge in [0.15, 0.2) is 0 Å². The van der Waals surface area contributed by atoms with Gasteiger partial charge in [0, 0.05) is 32.6 Å². The minimum atomic E-state index is -1.16. The van der Waals surface area contributed by atoms with Crippen molar-refractivity contribution in [1.82, 2.24) is 19.5 Å². The molecule has 1 aromatic carbocycles. The number of halogens is 1. The zero-order valence-corrected chi connectivity index (χ0v) is 19.2. The normalized spacial score (nSPS) is 11.9. The Bertz CT molecular complexity index is 1160. The Hall–Kier alpha value is -2.54. The summed E-state index contributed by atoms with van der Waals surface area (Å²) in [6, 6.07) is 16.9. The molecule has 4 rings (SSSR count). The van der Waals surface area contributed by atoms with Crippen LogP contribution in [0.4, 0.5) is 0 Å². The number of fused-ring (bicyclic) bond motifs is 1. The summed E-state index contributed by atoms with van der Waals surface area (Å²) < 4.78 is 8.17. The maximum Gasteiger partial charge on any atom is 0.146 e. The molecule has 0 atom stereocenters. The first kappa shape index (κ1) is 20.7. The predicted octanol–water partition coefficient (Wildman–Crippen LogP) is 6.13. The summed E-state index contributed by atoms with van der Waals surface area (Å²) in [5, 5.41) is 0.400. The molecule has 0 saturated heterocycles. The van der Waals surface area contributed by atoms with Crippen molar-refractivity contribution in [3.63, 3.8) is 0 Å². The number of aromatic nitrogens is 4. The summed E-state index contributed by atoms with van der Waals surface area (Å²) in [5.74, 6) is 0.739. The van der Waals surface area contributed by atoms with Gasteiger partial charge in [-0.25, -0.2) is 9.97 Å². The SMILES string of the molecule is C[Si](C)(C)CCOCn1c(-c2c(-c3ccccn3)ccnc2Cl)nc2ccccc21. The van der Waals surface area contributed by atoms with Crippen LogP contribution in [0, 0.1) is 0 Å². The van der Waals surface area contributed by atoms with Crippen molar-refractivity contribution < 1.29 is 4.74 Å². The van der Waals surface area contributed by atoms with Crippen LogP contribution in [0.3, 0.4) is 0 Å². The molecule has 30 heavy (non-hydrogen) atoms. The second-order valence-corrected chi connectivity index (χ2v) is 14.4. The maximum atomic E-state index is 6.61. The van der Waals surface area contributed by atoms with Crippen molar-refractivity contribution in [3.8, 4) is 22.6 Å². The van der Waals surface area contributed by atoms with Gasteiger partial charge in [0.1, 0.15) is 17.7 Å². The average Bonchev–Trinajstić information content (AvgIpc) is 3.09. The van der Waals surface area contributed by atoms with Crippen LogP contribution >= 0.6 is 11.6 Å². The summed E-state index contributed by atoms with van der Waals surface area (Å²) in [6.07, 6.45) is 3.48. The highest BCUT2D eigenvalue weighted by atomic mass is 35.5. The Labute approximate surface area is 182 Å². The second kappa shape index (κ2) is 8.68. The molecule has 154 valence electrons. The van der Waals surface area contributed by atoms with Crippen LogP contribution < -0.4 is 0 Å². The van der Waals surface area contributed by atoms with E-state index in [1.54, 1.807) is 12.4 Å². The topological polar surface area (TPSA) is 52.8 Å². The van der Waals surface area contributed by atoms with Crippen molar-refractivity contribution in [2.45, 2.75) is 32.4 Å². The highest BCUT2D eigenvalue weighted by molar-refractivity contribution is 6.76. The quantitative estimate of drug-likeness (QED) is 0.199. The first-order valence-electron chi connectivity index (χ1n) is 10.0. The van der Waals surface area contributed by atoms with Gasteiger partial charge in [0.2, 0.25) is 0 Å². The zero-order chi connectivity index (χ0) is 21.1. The average molecular weight is 437 g/mol. The van der Waals surface area contributed by atoms with Gasteiger partial charge in [-0.1, -0.05) is 49.4 Å². The number of hydrogen-bond acceptors (Lipinski definition) is 4. The lowest BCUT2D eigenvalue weighted by atomic mass is 10.1. The fourth-order valence-electron chi connectivity index (χ4n) is 3.32. The summed E-state index contributed by atoms with van der Waals surface area (Å²) in [7, 11) is -1.16. The molecule has 0 unspecified atom stereocenters. The fourth-order valence-corrected chi connectivity index (χ4v) is 4.32. The van der Waals surface area contributed by atoms with Gasteiger partial charge in [-0.3, -0.25) is 9.55 Å².